The van der Waals surface area contributed by atoms with E-state index in [2.05, 4.69) is 35.2 Å². The van der Waals surface area contributed by atoms with E-state index in [9.17, 15) is 0 Å². The van der Waals surface area contributed by atoms with Crippen LogP contribution in [0.25, 0.3) is 0 Å². The van der Waals surface area contributed by atoms with Crippen molar-refractivity contribution in [3.8, 4) is 0 Å². The minimum Gasteiger partial charge on any atom is -0.316 e. The van der Waals surface area contributed by atoms with Gasteiger partial charge in [-0.05, 0) is 31.4 Å². The smallest absolute Gasteiger partial charge is 0.115 e. The summed E-state index contributed by atoms with van der Waals surface area (Å²) in [5, 5.41) is 3.42. The van der Waals surface area contributed by atoms with Crippen LogP contribution < -0.4 is 5.32 Å². The first-order valence-electron chi connectivity index (χ1n) is 5.80. The predicted molar refractivity (Wildman–Crippen MR) is 61.0 cm³/mol. The molecule has 1 aromatic heterocycles. The predicted octanol–water partition coefficient (Wildman–Crippen LogP) is 2.07. The van der Waals surface area contributed by atoms with Gasteiger partial charge in [0.25, 0.3) is 0 Å². The van der Waals surface area contributed by atoms with Gasteiger partial charge in [-0.25, -0.2) is 9.97 Å². The van der Waals surface area contributed by atoms with Crippen LogP contribution in [0.2, 0.25) is 0 Å². The van der Waals surface area contributed by atoms with Crippen molar-refractivity contribution >= 4 is 0 Å². The van der Waals surface area contributed by atoms with Crippen molar-refractivity contribution in [2.24, 2.45) is 0 Å². The van der Waals surface area contributed by atoms with E-state index in [0.29, 0.717) is 11.8 Å². The summed E-state index contributed by atoms with van der Waals surface area (Å²) < 4.78 is 0. The Kier molecular flexibility index (Phi) is 3.31. The molecule has 1 aliphatic rings. The first-order chi connectivity index (χ1) is 7.27. The standard InChI is InChI=1S/C12H19N3/c1-9(2)11-6-12(15-8-14-11)10-4-3-5-13-7-10/h6,8-10,13H,3-5,7H2,1-2H3. The molecule has 1 fully saturated rings. The summed E-state index contributed by atoms with van der Waals surface area (Å²) in [6.45, 7) is 6.56. The van der Waals surface area contributed by atoms with E-state index in [0.717, 1.165) is 18.8 Å². The average Bonchev–Trinajstić information content (AvgIpc) is 2.30. The number of aromatic nitrogens is 2. The molecule has 1 atom stereocenters. The lowest BCUT2D eigenvalue weighted by atomic mass is 9.94. The number of hydrogen-bond donors (Lipinski definition) is 1. The minimum absolute atomic E-state index is 0.489. The summed E-state index contributed by atoms with van der Waals surface area (Å²) in [7, 11) is 0. The maximum absolute atomic E-state index is 4.39. The van der Waals surface area contributed by atoms with Crippen molar-refractivity contribution < 1.29 is 0 Å². The van der Waals surface area contributed by atoms with Crippen LogP contribution in [0.1, 0.15) is 49.9 Å². The molecular weight excluding hydrogens is 186 g/mol. The first-order valence-corrected chi connectivity index (χ1v) is 5.80. The molecule has 0 aliphatic carbocycles. The van der Waals surface area contributed by atoms with E-state index in [1.807, 2.05) is 0 Å². The van der Waals surface area contributed by atoms with Gasteiger partial charge < -0.3 is 5.32 Å². The Bertz CT molecular complexity index is 316. The van der Waals surface area contributed by atoms with E-state index < -0.39 is 0 Å². The van der Waals surface area contributed by atoms with Gasteiger partial charge in [0.2, 0.25) is 0 Å². The van der Waals surface area contributed by atoms with Gasteiger partial charge in [0, 0.05) is 23.9 Å². The van der Waals surface area contributed by atoms with Crippen LogP contribution in [0.15, 0.2) is 12.4 Å². The van der Waals surface area contributed by atoms with E-state index >= 15 is 0 Å². The molecule has 1 aromatic rings. The van der Waals surface area contributed by atoms with Crippen LogP contribution in [0, 0.1) is 0 Å². The van der Waals surface area contributed by atoms with E-state index in [-0.39, 0.29) is 0 Å². The molecule has 2 heterocycles. The van der Waals surface area contributed by atoms with Gasteiger partial charge >= 0.3 is 0 Å². The van der Waals surface area contributed by atoms with E-state index in [4.69, 9.17) is 0 Å². The molecule has 0 amide bonds. The lowest BCUT2D eigenvalue weighted by Crippen LogP contribution is -2.28. The highest BCUT2D eigenvalue weighted by Crippen LogP contribution is 2.22. The topological polar surface area (TPSA) is 37.8 Å². The summed E-state index contributed by atoms with van der Waals surface area (Å²) in [6.07, 6.45) is 4.21. The number of nitrogens with one attached hydrogen (secondary N) is 1. The monoisotopic (exact) mass is 205 g/mol. The molecule has 0 aromatic carbocycles. The molecule has 1 saturated heterocycles. The van der Waals surface area contributed by atoms with E-state index in [1.165, 1.54) is 18.5 Å². The van der Waals surface area contributed by atoms with Crippen molar-refractivity contribution in [1.29, 1.82) is 0 Å². The third-order valence-corrected chi connectivity index (χ3v) is 3.02. The lowest BCUT2D eigenvalue weighted by Gasteiger charge is -2.22. The fourth-order valence-corrected chi connectivity index (χ4v) is 2.03. The van der Waals surface area contributed by atoms with Crippen LogP contribution in [-0.2, 0) is 0 Å². The van der Waals surface area contributed by atoms with Crippen LogP contribution in [-0.4, -0.2) is 23.1 Å². The third-order valence-electron chi connectivity index (χ3n) is 3.02. The Morgan fingerprint density at radius 1 is 1.40 bits per heavy atom. The van der Waals surface area contributed by atoms with Gasteiger partial charge in [0.15, 0.2) is 0 Å². The second-order valence-corrected chi connectivity index (χ2v) is 4.57. The van der Waals surface area contributed by atoms with Gasteiger partial charge in [-0.1, -0.05) is 13.8 Å². The van der Waals surface area contributed by atoms with Gasteiger partial charge in [-0.15, -0.1) is 0 Å². The third kappa shape index (κ3) is 2.53. The highest BCUT2D eigenvalue weighted by atomic mass is 14.9. The zero-order valence-corrected chi connectivity index (χ0v) is 9.53. The van der Waals surface area contributed by atoms with Crippen molar-refractivity contribution in [1.82, 2.24) is 15.3 Å². The lowest BCUT2D eigenvalue weighted by molar-refractivity contribution is 0.453. The molecule has 0 radical (unpaired) electrons. The fourth-order valence-electron chi connectivity index (χ4n) is 2.03. The minimum atomic E-state index is 0.489. The molecule has 1 N–H and O–H groups in total. The quantitative estimate of drug-likeness (QED) is 0.803. The molecule has 82 valence electrons. The van der Waals surface area contributed by atoms with Crippen LogP contribution in [0.5, 0.6) is 0 Å². The normalized spacial score (nSPS) is 21.9. The van der Waals surface area contributed by atoms with Gasteiger partial charge in [0.05, 0.1) is 0 Å². The molecule has 3 nitrogen and oxygen atoms in total. The van der Waals surface area contributed by atoms with Crippen LogP contribution in [0.3, 0.4) is 0 Å². The Morgan fingerprint density at radius 2 is 2.27 bits per heavy atom. The second kappa shape index (κ2) is 4.71. The maximum atomic E-state index is 4.39. The fraction of sp³-hybridized carbons (Fsp3) is 0.667. The van der Waals surface area contributed by atoms with Crippen LogP contribution >= 0.6 is 0 Å². The van der Waals surface area contributed by atoms with Crippen LogP contribution in [0.4, 0.5) is 0 Å². The maximum Gasteiger partial charge on any atom is 0.115 e. The van der Waals surface area contributed by atoms with Gasteiger partial charge in [0.1, 0.15) is 6.33 Å². The Balaban J connectivity index is 2.16. The van der Waals surface area contributed by atoms with Crippen molar-refractivity contribution in [2.75, 3.05) is 13.1 Å². The van der Waals surface area contributed by atoms with Gasteiger partial charge in [-0.2, -0.15) is 0 Å². The largest absolute Gasteiger partial charge is 0.316 e. The second-order valence-electron chi connectivity index (χ2n) is 4.57. The highest BCUT2D eigenvalue weighted by molar-refractivity contribution is 5.16. The number of hydrogen-bond acceptors (Lipinski definition) is 3. The molecule has 1 unspecified atom stereocenters. The summed E-state index contributed by atoms with van der Waals surface area (Å²) in [5.41, 5.74) is 2.37. The summed E-state index contributed by atoms with van der Waals surface area (Å²) in [6, 6.07) is 2.17. The molecule has 2 rings (SSSR count). The van der Waals surface area contributed by atoms with Gasteiger partial charge in [-0.3, -0.25) is 0 Å². The molecule has 0 saturated carbocycles. The SMILES string of the molecule is CC(C)c1cc(C2CCCNC2)ncn1. The van der Waals surface area contributed by atoms with E-state index in [1.54, 1.807) is 6.33 Å². The van der Waals surface area contributed by atoms with Crippen molar-refractivity contribution in [3.63, 3.8) is 0 Å². The summed E-state index contributed by atoms with van der Waals surface area (Å²) >= 11 is 0. The molecule has 15 heavy (non-hydrogen) atoms. The molecule has 0 bridgehead atoms. The summed E-state index contributed by atoms with van der Waals surface area (Å²) in [5.74, 6) is 1.07. The molecule has 1 aliphatic heterocycles. The number of nitrogens with zero attached hydrogens (tertiary/aromatic N) is 2. The first kappa shape index (κ1) is 10.6. The Hall–Kier alpha value is -0.960. The molecule has 3 heteroatoms. The van der Waals surface area contributed by atoms with Crippen molar-refractivity contribution in [2.45, 2.75) is 38.5 Å². The summed E-state index contributed by atoms with van der Waals surface area (Å²) in [4.78, 5) is 8.70. The molecule has 0 spiro atoms. The number of piperidine rings is 1. The van der Waals surface area contributed by atoms with Crippen molar-refractivity contribution in [3.05, 3.63) is 23.8 Å². The Labute approximate surface area is 91.3 Å². The highest BCUT2D eigenvalue weighted by Gasteiger charge is 2.17. The number of rotatable bonds is 2. The molecular formula is C12H19N3. The zero-order valence-electron chi connectivity index (χ0n) is 9.53. The Morgan fingerprint density at radius 3 is 2.93 bits per heavy atom. The average molecular weight is 205 g/mol. The zero-order chi connectivity index (χ0) is 10.7.